The molecule has 1 aromatic rings. The van der Waals surface area contributed by atoms with Gasteiger partial charge in [-0.25, -0.2) is 0 Å². The minimum Gasteiger partial charge on any atom is -0.507 e. The highest BCUT2D eigenvalue weighted by Crippen LogP contribution is 2.28. The van der Waals surface area contributed by atoms with Crippen molar-refractivity contribution in [2.45, 2.75) is 26.2 Å². The summed E-state index contributed by atoms with van der Waals surface area (Å²) in [5, 5.41) is 9.75. The van der Waals surface area contributed by atoms with Crippen molar-refractivity contribution in [3.8, 4) is 11.5 Å². The summed E-state index contributed by atoms with van der Waals surface area (Å²) in [4.78, 5) is 10.7. The number of ether oxygens (including phenoxy) is 1. The van der Waals surface area contributed by atoms with Gasteiger partial charge in [-0.2, -0.15) is 0 Å². The molecule has 0 unspecified atom stereocenters. The largest absolute Gasteiger partial charge is 0.507 e. The summed E-state index contributed by atoms with van der Waals surface area (Å²) in [5.41, 5.74) is 1.07. The van der Waals surface area contributed by atoms with Crippen molar-refractivity contribution in [2.24, 2.45) is 0 Å². The van der Waals surface area contributed by atoms with Crippen LogP contribution in [0.15, 0.2) is 12.1 Å². The molecular weight excluding hydrogens is 192 g/mol. The molecule has 0 aromatic heterocycles. The number of phenols is 1. The van der Waals surface area contributed by atoms with Crippen molar-refractivity contribution in [3.63, 3.8) is 0 Å². The van der Waals surface area contributed by atoms with Crippen LogP contribution in [0.4, 0.5) is 0 Å². The maximum Gasteiger partial charge on any atom is 0.153 e. The molecule has 0 aliphatic heterocycles. The predicted molar refractivity (Wildman–Crippen MR) is 58.7 cm³/mol. The van der Waals surface area contributed by atoms with E-state index in [0.29, 0.717) is 17.6 Å². The van der Waals surface area contributed by atoms with Gasteiger partial charge in [-0.15, -0.1) is 0 Å². The third kappa shape index (κ3) is 2.72. The van der Waals surface area contributed by atoms with E-state index in [9.17, 15) is 9.90 Å². The lowest BCUT2D eigenvalue weighted by Crippen LogP contribution is -1.93. The first-order valence-electron chi connectivity index (χ1n) is 5.08. The third-order valence-electron chi connectivity index (χ3n) is 2.35. The monoisotopic (exact) mass is 208 g/mol. The Hall–Kier alpha value is -1.51. The molecule has 0 amide bonds. The van der Waals surface area contributed by atoms with Crippen LogP contribution in [-0.4, -0.2) is 18.5 Å². The lowest BCUT2D eigenvalue weighted by atomic mass is 10.0. The second-order valence-corrected chi connectivity index (χ2v) is 3.45. The van der Waals surface area contributed by atoms with Gasteiger partial charge in [0.05, 0.1) is 12.7 Å². The number of methoxy groups -OCH3 is 1. The van der Waals surface area contributed by atoms with Crippen LogP contribution in [-0.2, 0) is 6.42 Å². The molecule has 0 saturated heterocycles. The Bertz CT molecular complexity index is 345. The molecule has 0 bridgehead atoms. The first-order valence-corrected chi connectivity index (χ1v) is 5.08. The van der Waals surface area contributed by atoms with Crippen molar-refractivity contribution in [1.82, 2.24) is 0 Å². The molecule has 0 atom stereocenters. The lowest BCUT2D eigenvalue weighted by molar-refractivity contribution is 0.112. The number of benzene rings is 1. The van der Waals surface area contributed by atoms with Gasteiger partial charge in [0.25, 0.3) is 0 Å². The molecule has 0 saturated carbocycles. The second kappa shape index (κ2) is 5.39. The predicted octanol–water partition coefficient (Wildman–Crippen LogP) is 2.56. The summed E-state index contributed by atoms with van der Waals surface area (Å²) in [7, 11) is 1.55. The van der Waals surface area contributed by atoms with Crippen molar-refractivity contribution in [3.05, 3.63) is 23.3 Å². The number of unbranched alkanes of at least 4 members (excludes halogenated alkanes) is 1. The fourth-order valence-electron chi connectivity index (χ4n) is 1.45. The van der Waals surface area contributed by atoms with Crippen LogP contribution in [0.3, 0.4) is 0 Å². The molecule has 3 heteroatoms. The van der Waals surface area contributed by atoms with E-state index in [1.165, 1.54) is 6.07 Å². The number of rotatable bonds is 5. The number of carbonyl (C=O) groups is 1. The van der Waals surface area contributed by atoms with Crippen molar-refractivity contribution in [1.29, 1.82) is 0 Å². The van der Waals surface area contributed by atoms with Crippen LogP contribution in [0.25, 0.3) is 0 Å². The van der Waals surface area contributed by atoms with E-state index in [0.717, 1.165) is 24.8 Å². The summed E-state index contributed by atoms with van der Waals surface area (Å²) in [6.07, 6.45) is 3.44. The maximum atomic E-state index is 10.7. The van der Waals surface area contributed by atoms with Crippen molar-refractivity contribution < 1.29 is 14.6 Å². The summed E-state index contributed by atoms with van der Waals surface area (Å²) in [5.74, 6) is 0.695. The van der Waals surface area contributed by atoms with E-state index in [1.807, 2.05) is 0 Å². The molecule has 0 radical (unpaired) electrons. The lowest BCUT2D eigenvalue weighted by Gasteiger charge is -2.08. The average Bonchev–Trinajstić information content (AvgIpc) is 2.27. The van der Waals surface area contributed by atoms with Crippen LogP contribution in [0.5, 0.6) is 11.5 Å². The van der Waals surface area contributed by atoms with E-state index in [-0.39, 0.29) is 5.75 Å². The second-order valence-electron chi connectivity index (χ2n) is 3.45. The van der Waals surface area contributed by atoms with Crippen LogP contribution in [0.2, 0.25) is 0 Å². The Morgan fingerprint density at radius 3 is 2.73 bits per heavy atom. The number of phenolic OH excluding ortho intramolecular Hbond substituents is 1. The van der Waals surface area contributed by atoms with E-state index in [4.69, 9.17) is 4.74 Å². The number of aldehydes is 1. The molecule has 3 nitrogen and oxygen atoms in total. The van der Waals surface area contributed by atoms with E-state index in [2.05, 4.69) is 6.92 Å². The average molecular weight is 208 g/mol. The smallest absolute Gasteiger partial charge is 0.153 e. The topological polar surface area (TPSA) is 46.5 Å². The van der Waals surface area contributed by atoms with E-state index >= 15 is 0 Å². The van der Waals surface area contributed by atoms with Crippen LogP contribution in [0, 0.1) is 0 Å². The van der Waals surface area contributed by atoms with E-state index < -0.39 is 0 Å². The zero-order valence-electron chi connectivity index (χ0n) is 9.12. The Labute approximate surface area is 89.7 Å². The fraction of sp³-hybridized carbons (Fsp3) is 0.417. The molecule has 0 aliphatic carbocycles. The minimum atomic E-state index is 0.0826. The van der Waals surface area contributed by atoms with Gasteiger partial charge in [0.1, 0.15) is 11.5 Å². The number of hydrogen-bond donors (Lipinski definition) is 1. The van der Waals surface area contributed by atoms with Gasteiger partial charge in [-0.05, 0) is 30.5 Å². The van der Waals surface area contributed by atoms with Crippen LogP contribution < -0.4 is 4.74 Å². The molecule has 1 aromatic carbocycles. The molecule has 0 aliphatic rings. The zero-order valence-corrected chi connectivity index (χ0v) is 9.12. The summed E-state index contributed by atoms with van der Waals surface area (Å²) < 4.78 is 5.06. The SMILES string of the molecule is CCCCc1cc(OC)cc(C=O)c1O. The summed E-state index contributed by atoms with van der Waals surface area (Å²) in [6.45, 7) is 2.08. The highest BCUT2D eigenvalue weighted by Gasteiger charge is 2.09. The molecular formula is C12H16O3. The van der Waals surface area contributed by atoms with Crippen LogP contribution >= 0.6 is 0 Å². The Kier molecular flexibility index (Phi) is 4.16. The highest BCUT2D eigenvalue weighted by atomic mass is 16.5. The number of hydrogen-bond acceptors (Lipinski definition) is 3. The molecule has 1 N–H and O–H groups in total. The first-order chi connectivity index (χ1) is 7.22. The number of carbonyl (C=O) groups excluding carboxylic acids is 1. The molecule has 82 valence electrons. The quantitative estimate of drug-likeness (QED) is 0.756. The van der Waals surface area contributed by atoms with Gasteiger partial charge < -0.3 is 9.84 Å². The first kappa shape index (κ1) is 11.6. The Morgan fingerprint density at radius 2 is 2.20 bits per heavy atom. The maximum absolute atomic E-state index is 10.7. The molecule has 0 heterocycles. The standard InChI is InChI=1S/C12H16O3/c1-3-4-5-9-6-11(15-2)7-10(8-13)12(9)14/h6-8,14H,3-5H2,1-2H3. The molecule has 15 heavy (non-hydrogen) atoms. The minimum absolute atomic E-state index is 0.0826. The van der Waals surface area contributed by atoms with Crippen molar-refractivity contribution in [2.75, 3.05) is 7.11 Å². The van der Waals surface area contributed by atoms with Crippen molar-refractivity contribution >= 4 is 6.29 Å². The Morgan fingerprint density at radius 1 is 1.47 bits per heavy atom. The number of aryl methyl sites for hydroxylation is 1. The number of aromatic hydroxyl groups is 1. The molecule has 1 rings (SSSR count). The van der Waals surface area contributed by atoms with Gasteiger partial charge >= 0.3 is 0 Å². The zero-order chi connectivity index (χ0) is 11.3. The fourth-order valence-corrected chi connectivity index (χ4v) is 1.45. The molecule has 0 fully saturated rings. The normalized spacial score (nSPS) is 10.0. The van der Waals surface area contributed by atoms with Crippen LogP contribution in [0.1, 0.15) is 35.7 Å². The third-order valence-corrected chi connectivity index (χ3v) is 2.35. The van der Waals surface area contributed by atoms with Gasteiger partial charge in [0, 0.05) is 0 Å². The van der Waals surface area contributed by atoms with Gasteiger partial charge in [0.2, 0.25) is 0 Å². The summed E-state index contributed by atoms with van der Waals surface area (Å²) >= 11 is 0. The summed E-state index contributed by atoms with van der Waals surface area (Å²) in [6, 6.07) is 3.32. The van der Waals surface area contributed by atoms with Gasteiger partial charge in [-0.1, -0.05) is 13.3 Å². The highest BCUT2D eigenvalue weighted by molar-refractivity contribution is 5.81. The van der Waals surface area contributed by atoms with Gasteiger partial charge in [-0.3, -0.25) is 4.79 Å². The van der Waals surface area contributed by atoms with E-state index in [1.54, 1.807) is 13.2 Å². The Balaban J connectivity index is 3.06. The molecule has 0 spiro atoms. The van der Waals surface area contributed by atoms with Gasteiger partial charge in [0.15, 0.2) is 6.29 Å².